The van der Waals surface area contributed by atoms with E-state index in [4.69, 9.17) is 4.42 Å². The maximum Gasteiger partial charge on any atom is 0.191 e. The van der Waals surface area contributed by atoms with Gasteiger partial charge in [-0.3, -0.25) is 0 Å². The molecule has 0 aliphatic carbocycles. The molecule has 0 saturated carbocycles. The lowest BCUT2D eigenvalue weighted by Gasteiger charge is -2.06. The molecule has 0 amide bonds. The van der Waals surface area contributed by atoms with Gasteiger partial charge < -0.3 is 8.98 Å². The summed E-state index contributed by atoms with van der Waals surface area (Å²) in [6, 6.07) is 14.1. The second kappa shape index (κ2) is 6.76. The van der Waals surface area contributed by atoms with Gasteiger partial charge in [0.05, 0.1) is 18.5 Å². The molecule has 3 aromatic heterocycles. The van der Waals surface area contributed by atoms with Gasteiger partial charge in [0.1, 0.15) is 12.1 Å². The highest BCUT2D eigenvalue weighted by Crippen LogP contribution is 2.22. The van der Waals surface area contributed by atoms with Gasteiger partial charge in [-0.15, -0.1) is 10.2 Å². The standard InChI is InChI=1S/C17H15N5OS/c1-3-16(23-10-1)11-21-13-18-20-17(21)24-12-14-4-6-15(7-5-14)22-9-2-8-19-22/h1-10,13H,11-12H2. The molecule has 0 spiro atoms. The summed E-state index contributed by atoms with van der Waals surface area (Å²) in [5.41, 5.74) is 2.28. The summed E-state index contributed by atoms with van der Waals surface area (Å²) in [4.78, 5) is 0. The molecule has 0 N–H and O–H groups in total. The van der Waals surface area contributed by atoms with Crippen molar-refractivity contribution in [3.8, 4) is 5.69 Å². The lowest BCUT2D eigenvalue weighted by atomic mass is 10.2. The minimum Gasteiger partial charge on any atom is -0.467 e. The highest BCUT2D eigenvalue weighted by atomic mass is 32.2. The summed E-state index contributed by atoms with van der Waals surface area (Å²) in [6.07, 6.45) is 7.11. The molecule has 0 radical (unpaired) electrons. The Hall–Kier alpha value is -2.80. The molecule has 6 nitrogen and oxygen atoms in total. The molecule has 3 heterocycles. The first-order valence-electron chi connectivity index (χ1n) is 7.50. The lowest BCUT2D eigenvalue weighted by molar-refractivity contribution is 0.484. The van der Waals surface area contributed by atoms with Crippen LogP contribution >= 0.6 is 11.8 Å². The second-order valence-corrected chi connectivity index (χ2v) is 6.17. The smallest absolute Gasteiger partial charge is 0.191 e. The van der Waals surface area contributed by atoms with E-state index in [1.807, 2.05) is 33.6 Å². The maximum atomic E-state index is 5.38. The molecule has 0 aliphatic heterocycles. The Morgan fingerprint density at radius 3 is 2.75 bits per heavy atom. The summed E-state index contributed by atoms with van der Waals surface area (Å²) in [5.74, 6) is 1.72. The topological polar surface area (TPSA) is 61.7 Å². The van der Waals surface area contributed by atoms with E-state index in [2.05, 4.69) is 39.6 Å². The molecule has 1 aromatic carbocycles. The van der Waals surface area contributed by atoms with Crippen molar-refractivity contribution in [3.63, 3.8) is 0 Å². The van der Waals surface area contributed by atoms with Crippen LogP contribution in [0, 0.1) is 0 Å². The summed E-state index contributed by atoms with van der Waals surface area (Å²) < 4.78 is 9.21. The normalized spacial score (nSPS) is 11.0. The summed E-state index contributed by atoms with van der Waals surface area (Å²) in [7, 11) is 0. The first-order valence-corrected chi connectivity index (χ1v) is 8.49. The Morgan fingerprint density at radius 2 is 2.00 bits per heavy atom. The van der Waals surface area contributed by atoms with Gasteiger partial charge in [0.25, 0.3) is 0 Å². The predicted molar refractivity (Wildman–Crippen MR) is 91.0 cm³/mol. The SMILES string of the molecule is c1coc(Cn2cnnc2SCc2ccc(-n3cccn3)cc2)c1. The number of hydrogen-bond acceptors (Lipinski definition) is 5. The largest absolute Gasteiger partial charge is 0.467 e. The molecule has 0 unspecified atom stereocenters. The summed E-state index contributed by atoms with van der Waals surface area (Å²) >= 11 is 1.66. The van der Waals surface area contributed by atoms with E-state index >= 15 is 0 Å². The van der Waals surface area contributed by atoms with Crippen LogP contribution in [0.4, 0.5) is 0 Å². The molecular weight excluding hydrogens is 322 g/mol. The van der Waals surface area contributed by atoms with E-state index in [1.165, 1.54) is 5.56 Å². The zero-order valence-electron chi connectivity index (χ0n) is 12.8. The van der Waals surface area contributed by atoms with Crippen molar-refractivity contribution in [3.05, 3.63) is 78.8 Å². The van der Waals surface area contributed by atoms with Crippen LogP contribution in [0.3, 0.4) is 0 Å². The molecular formula is C17H15N5OS. The zero-order valence-corrected chi connectivity index (χ0v) is 13.6. The minimum absolute atomic E-state index is 0.639. The fourth-order valence-corrected chi connectivity index (χ4v) is 3.22. The second-order valence-electron chi connectivity index (χ2n) is 5.23. The van der Waals surface area contributed by atoms with Gasteiger partial charge in [0.15, 0.2) is 5.16 Å². The fourth-order valence-electron chi connectivity index (χ4n) is 2.35. The van der Waals surface area contributed by atoms with Crippen molar-refractivity contribution in [2.24, 2.45) is 0 Å². The van der Waals surface area contributed by atoms with Crippen molar-refractivity contribution < 1.29 is 4.42 Å². The van der Waals surface area contributed by atoms with Crippen LogP contribution in [0.25, 0.3) is 5.69 Å². The van der Waals surface area contributed by atoms with E-state index < -0.39 is 0 Å². The molecule has 7 heteroatoms. The van der Waals surface area contributed by atoms with E-state index in [0.29, 0.717) is 6.54 Å². The number of hydrogen-bond donors (Lipinski definition) is 0. The number of thioether (sulfide) groups is 1. The molecule has 0 aliphatic rings. The molecule has 4 rings (SSSR count). The van der Waals surface area contributed by atoms with Crippen LogP contribution in [-0.2, 0) is 12.3 Å². The van der Waals surface area contributed by atoms with Crippen LogP contribution in [0.5, 0.6) is 0 Å². The van der Waals surface area contributed by atoms with Crippen LogP contribution in [-0.4, -0.2) is 24.5 Å². The minimum atomic E-state index is 0.639. The zero-order chi connectivity index (χ0) is 16.2. The van der Waals surface area contributed by atoms with E-state index in [0.717, 1.165) is 22.4 Å². The predicted octanol–water partition coefficient (Wildman–Crippen LogP) is 3.40. The number of benzene rings is 1. The average molecular weight is 337 g/mol. The Morgan fingerprint density at radius 1 is 1.08 bits per heavy atom. The van der Waals surface area contributed by atoms with Gasteiger partial charge in [0.2, 0.25) is 0 Å². The first-order chi connectivity index (χ1) is 11.9. The number of rotatable bonds is 6. The van der Waals surface area contributed by atoms with Crippen LogP contribution in [0.15, 0.2) is 77.0 Å². The Kier molecular flexibility index (Phi) is 4.16. The van der Waals surface area contributed by atoms with E-state index in [9.17, 15) is 0 Å². The molecule has 0 fully saturated rings. The van der Waals surface area contributed by atoms with Crippen molar-refractivity contribution in [1.29, 1.82) is 0 Å². The highest BCUT2D eigenvalue weighted by Gasteiger charge is 2.07. The fraction of sp³-hybridized carbons (Fsp3) is 0.118. The van der Waals surface area contributed by atoms with Gasteiger partial charge in [-0.2, -0.15) is 5.10 Å². The molecule has 4 aromatic rings. The van der Waals surface area contributed by atoms with Gasteiger partial charge >= 0.3 is 0 Å². The van der Waals surface area contributed by atoms with E-state index in [-0.39, 0.29) is 0 Å². The molecule has 120 valence electrons. The lowest BCUT2D eigenvalue weighted by Crippen LogP contribution is -1.99. The van der Waals surface area contributed by atoms with Crippen LogP contribution in [0.2, 0.25) is 0 Å². The van der Waals surface area contributed by atoms with Gasteiger partial charge in [-0.25, -0.2) is 4.68 Å². The highest BCUT2D eigenvalue weighted by molar-refractivity contribution is 7.98. The first kappa shape index (κ1) is 14.8. The quantitative estimate of drug-likeness (QED) is 0.505. The molecule has 0 bridgehead atoms. The monoisotopic (exact) mass is 337 g/mol. The van der Waals surface area contributed by atoms with Crippen LogP contribution in [0.1, 0.15) is 11.3 Å². The molecule has 0 saturated heterocycles. The molecule has 0 atom stereocenters. The third-order valence-electron chi connectivity index (χ3n) is 3.56. The van der Waals surface area contributed by atoms with Gasteiger partial charge in [-0.05, 0) is 35.9 Å². The summed E-state index contributed by atoms with van der Waals surface area (Å²) in [5, 5.41) is 13.3. The van der Waals surface area contributed by atoms with Gasteiger partial charge in [-0.1, -0.05) is 23.9 Å². The Balaban J connectivity index is 1.41. The number of aromatic nitrogens is 5. The van der Waals surface area contributed by atoms with Crippen molar-refractivity contribution in [1.82, 2.24) is 24.5 Å². The third kappa shape index (κ3) is 3.26. The molecule has 24 heavy (non-hydrogen) atoms. The average Bonchev–Trinajstić information content (AvgIpc) is 3.37. The van der Waals surface area contributed by atoms with E-state index in [1.54, 1.807) is 30.5 Å². The van der Waals surface area contributed by atoms with Crippen molar-refractivity contribution in [2.75, 3.05) is 0 Å². The number of furan rings is 1. The van der Waals surface area contributed by atoms with Crippen molar-refractivity contribution in [2.45, 2.75) is 17.5 Å². The summed E-state index contributed by atoms with van der Waals surface area (Å²) in [6.45, 7) is 0.639. The van der Waals surface area contributed by atoms with Crippen molar-refractivity contribution >= 4 is 11.8 Å². The van der Waals surface area contributed by atoms with Gasteiger partial charge in [0, 0.05) is 18.1 Å². The third-order valence-corrected chi connectivity index (χ3v) is 4.61. The maximum absolute atomic E-state index is 5.38. The Bertz CT molecular complexity index is 882. The Labute approximate surface area is 143 Å². The van der Waals surface area contributed by atoms with Crippen LogP contribution < -0.4 is 0 Å². The number of nitrogens with zero attached hydrogens (tertiary/aromatic N) is 5.